The van der Waals surface area contributed by atoms with Crippen molar-refractivity contribution in [2.24, 2.45) is 5.10 Å². The van der Waals surface area contributed by atoms with Crippen molar-refractivity contribution in [1.29, 1.82) is 0 Å². The minimum Gasteiger partial charge on any atom is -0.507 e. The molecule has 3 rings (SSSR count). The molecule has 0 aliphatic carbocycles. The summed E-state index contributed by atoms with van der Waals surface area (Å²) in [6.45, 7) is 6.76. The van der Waals surface area contributed by atoms with Crippen molar-refractivity contribution in [2.75, 3.05) is 0 Å². The quantitative estimate of drug-likeness (QED) is 0.325. The van der Waals surface area contributed by atoms with Crippen LogP contribution in [0.2, 0.25) is 0 Å². The van der Waals surface area contributed by atoms with E-state index in [1.807, 2.05) is 19.1 Å². The lowest BCUT2D eigenvalue weighted by Crippen LogP contribution is -2.17. The normalized spacial score (nSPS) is 11.1. The number of amides is 1. The highest BCUT2D eigenvalue weighted by molar-refractivity contribution is 9.10. The molecule has 3 aromatic carbocycles. The molecule has 0 heterocycles. The zero-order valence-electron chi connectivity index (χ0n) is 17.7. The molecule has 0 atom stereocenters. The fourth-order valence-electron chi connectivity index (χ4n) is 3.01. The summed E-state index contributed by atoms with van der Waals surface area (Å²) in [5.41, 5.74) is 6.75. The molecule has 0 aliphatic rings. The van der Waals surface area contributed by atoms with Crippen molar-refractivity contribution < 1.29 is 14.6 Å². The van der Waals surface area contributed by atoms with Crippen LogP contribution in [-0.2, 0) is 6.61 Å². The van der Waals surface area contributed by atoms with Crippen LogP contribution in [0.1, 0.15) is 52.4 Å². The zero-order chi connectivity index (χ0) is 22.4. The van der Waals surface area contributed by atoms with Gasteiger partial charge in [0.25, 0.3) is 5.91 Å². The van der Waals surface area contributed by atoms with E-state index < -0.39 is 0 Å². The minimum absolute atomic E-state index is 0.0831. The van der Waals surface area contributed by atoms with E-state index >= 15 is 0 Å². The van der Waals surface area contributed by atoms with Gasteiger partial charge < -0.3 is 9.84 Å². The number of aryl methyl sites for hydroxylation is 1. The van der Waals surface area contributed by atoms with E-state index in [1.165, 1.54) is 11.8 Å². The molecule has 31 heavy (non-hydrogen) atoms. The first kappa shape index (κ1) is 22.6. The van der Waals surface area contributed by atoms with Gasteiger partial charge in [-0.3, -0.25) is 4.79 Å². The van der Waals surface area contributed by atoms with Crippen molar-refractivity contribution in [2.45, 2.75) is 33.3 Å². The standard InChI is InChI=1S/C25H25BrN2O3/c1-16(2)22-10-4-17(3)12-24(22)31-15-18-5-7-19(8-6-18)25(30)28-27-14-20-13-21(26)9-11-23(20)29/h4-14,16,29H,15H2,1-3H3,(H,28,30). The highest BCUT2D eigenvalue weighted by Crippen LogP contribution is 2.28. The van der Waals surface area contributed by atoms with Gasteiger partial charge in [-0.05, 0) is 65.9 Å². The number of carbonyl (C=O) groups excluding carboxylic acids is 1. The first-order valence-electron chi connectivity index (χ1n) is 9.97. The number of rotatable bonds is 7. The molecule has 3 aromatic rings. The second kappa shape index (κ2) is 10.3. The van der Waals surface area contributed by atoms with Gasteiger partial charge in [-0.2, -0.15) is 5.10 Å². The van der Waals surface area contributed by atoms with Gasteiger partial charge in [0, 0.05) is 15.6 Å². The van der Waals surface area contributed by atoms with Crippen LogP contribution >= 0.6 is 15.9 Å². The van der Waals surface area contributed by atoms with Crippen LogP contribution in [0.25, 0.3) is 0 Å². The topological polar surface area (TPSA) is 70.9 Å². The second-order valence-electron chi connectivity index (χ2n) is 7.58. The molecule has 160 valence electrons. The summed E-state index contributed by atoms with van der Waals surface area (Å²) >= 11 is 3.33. The van der Waals surface area contributed by atoms with Crippen molar-refractivity contribution in [3.8, 4) is 11.5 Å². The molecule has 0 saturated heterocycles. The molecule has 2 N–H and O–H groups in total. The van der Waals surface area contributed by atoms with E-state index in [2.05, 4.69) is 58.5 Å². The molecule has 1 amide bonds. The maximum Gasteiger partial charge on any atom is 0.271 e. The van der Waals surface area contributed by atoms with Gasteiger partial charge in [0.2, 0.25) is 0 Å². The number of aromatic hydroxyl groups is 1. The molecule has 5 nitrogen and oxygen atoms in total. The smallest absolute Gasteiger partial charge is 0.271 e. The van der Waals surface area contributed by atoms with Gasteiger partial charge in [-0.25, -0.2) is 5.43 Å². The molecular formula is C25H25BrN2O3. The third-order valence-electron chi connectivity index (χ3n) is 4.76. The summed E-state index contributed by atoms with van der Waals surface area (Å²) in [6.07, 6.45) is 1.40. The third-order valence-corrected chi connectivity index (χ3v) is 5.25. The number of carbonyl (C=O) groups is 1. The van der Waals surface area contributed by atoms with Gasteiger partial charge in [-0.15, -0.1) is 0 Å². The number of hydrazone groups is 1. The van der Waals surface area contributed by atoms with E-state index in [0.717, 1.165) is 21.3 Å². The van der Waals surface area contributed by atoms with Crippen LogP contribution in [0.15, 0.2) is 70.2 Å². The number of nitrogens with one attached hydrogen (secondary N) is 1. The largest absolute Gasteiger partial charge is 0.507 e. The summed E-state index contributed by atoms with van der Waals surface area (Å²) in [5, 5.41) is 13.7. The number of halogens is 1. The number of benzene rings is 3. The molecule has 6 heteroatoms. The van der Waals surface area contributed by atoms with E-state index in [4.69, 9.17) is 4.74 Å². The summed E-state index contributed by atoms with van der Waals surface area (Å²) in [7, 11) is 0. The maximum atomic E-state index is 12.3. The number of phenolic OH excluding ortho intramolecular Hbond substituents is 1. The van der Waals surface area contributed by atoms with Crippen molar-refractivity contribution >= 4 is 28.1 Å². The van der Waals surface area contributed by atoms with Gasteiger partial charge in [0.1, 0.15) is 18.1 Å². The van der Waals surface area contributed by atoms with Crippen LogP contribution < -0.4 is 10.2 Å². The molecule has 0 radical (unpaired) electrons. The molecule has 0 fully saturated rings. The molecule has 0 saturated carbocycles. The lowest BCUT2D eigenvalue weighted by molar-refractivity contribution is 0.0955. The van der Waals surface area contributed by atoms with E-state index in [-0.39, 0.29) is 11.7 Å². The van der Waals surface area contributed by atoms with Crippen LogP contribution in [-0.4, -0.2) is 17.2 Å². The van der Waals surface area contributed by atoms with Crippen molar-refractivity contribution in [3.05, 3.63) is 93.0 Å². The minimum atomic E-state index is -0.334. The lowest BCUT2D eigenvalue weighted by Gasteiger charge is -2.15. The molecule has 0 bridgehead atoms. The Morgan fingerprint density at radius 3 is 2.58 bits per heavy atom. The van der Waals surface area contributed by atoms with Gasteiger partial charge in [-0.1, -0.05) is 54.0 Å². The Morgan fingerprint density at radius 2 is 1.87 bits per heavy atom. The SMILES string of the molecule is Cc1ccc(C(C)C)c(OCc2ccc(C(=O)NN=Cc3cc(Br)ccc3O)cc2)c1. The number of hydrogen-bond donors (Lipinski definition) is 2. The summed E-state index contributed by atoms with van der Waals surface area (Å²) in [6, 6.07) is 18.4. The Bertz CT molecular complexity index is 1090. The average molecular weight is 481 g/mol. The third kappa shape index (κ3) is 6.18. The fraction of sp³-hybridized carbons (Fsp3) is 0.200. The summed E-state index contributed by atoms with van der Waals surface area (Å²) < 4.78 is 6.86. The van der Waals surface area contributed by atoms with Crippen LogP contribution in [0.3, 0.4) is 0 Å². The Kier molecular flexibility index (Phi) is 7.47. The number of nitrogens with zero attached hydrogens (tertiary/aromatic N) is 1. The number of hydrogen-bond acceptors (Lipinski definition) is 4. The van der Waals surface area contributed by atoms with E-state index in [0.29, 0.717) is 23.7 Å². The summed E-state index contributed by atoms with van der Waals surface area (Å²) in [5.74, 6) is 1.02. The average Bonchev–Trinajstić information content (AvgIpc) is 2.74. The fourth-order valence-corrected chi connectivity index (χ4v) is 3.39. The van der Waals surface area contributed by atoms with Crippen LogP contribution in [0, 0.1) is 6.92 Å². The van der Waals surface area contributed by atoms with E-state index in [1.54, 1.807) is 30.3 Å². The Labute approximate surface area is 190 Å². The number of phenols is 1. The van der Waals surface area contributed by atoms with Crippen molar-refractivity contribution in [1.82, 2.24) is 5.43 Å². The monoisotopic (exact) mass is 480 g/mol. The van der Waals surface area contributed by atoms with Crippen molar-refractivity contribution in [3.63, 3.8) is 0 Å². The first-order valence-corrected chi connectivity index (χ1v) is 10.8. The maximum absolute atomic E-state index is 12.3. The Hall–Kier alpha value is -3.12. The van der Waals surface area contributed by atoms with E-state index in [9.17, 15) is 9.90 Å². The summed E-state index contributed by atoms with van der Waals surface area (Å²) in [4.78, 5) is 12.3. The predicted octanol–water partition coefficient (Wildman–Crippen LogP) is 5.93. The highest BCUT2D eigenvalue weighted by atomic mass is 79.9. The zero-order valence-corrected chi connectivity index (χ0v) is 19.3. The van der Waals surface area contributed by atoms with Gasteiger partial charge in [0.05, 0.1) is 6.21 Å². The molecular weight excluding hydrogens is 456 g/mol. The Balaban J connectivity index is 1.60. The molecule has 0 unspecified atom stereocenters. The van der Waals surface area contributed by atoms with Crippen LogP contribution in [0.5, 0.6) is 11.5 Å². The molecule has 0 spiro atoms. The molecule has 0 aromatic heterocycles. The van der Waals surface area contributed by atoms with Gasteiger partial charge >= 0.3 is 0 Å². The highest BCUT2D eigenvalue weighted by Gasteiger charge is 2.09. The molecule has 0 aliphatic heterocycles. The second-order valence-corrected chi connectivity index (χ2v) is 8.50. The van der Waals surface area contributed by atoms with Gasteiger partial charge in [0.15, 0.2) is 0 Å². The lowest BCUT2D eigenvalue weighted by atomic mass is 10.0. The first-order chi connectivity index (χ1) is 14.8. The van der Waals surface area contributed by atoms with Crippen LogP contribution in [0.4, 0.5) is 0 Å². The predicted molar refractivity (Wildman–Crippen MR) is 127 cm³/mol. The number of ether oxygens (including phenoxy) is 1. The Morgan fingerprint density at radius 1 is 1.13 bits per heavy atom.